The Labute approximate surface area is 241 Å². The van der Waals surface area contributed by atoms with Crippen LogP contribution in [0.3, 0.4) is 0 Å². The summed E-state index contributed by atoms with van der Waals surface area (Å²) in [5.74, 6) is 0.000876. The Morgan fingerprint density at radius 2 is 1.20 bits per heavy atom. The maximum atomic E-state index is 12.9. The van der Waals surface area contributed by atoms with Crippen LogP contribution in [0.1, 0.15) is 135 Å². The van der Waals surface area contributed by atoms with Gasteiger partial charge in [-0.05, 0) is 51.3 Å². The van der Waals surface area contributed by atoms with Crippen LogP contribution in [0.25, 0.3) is 17.0 Å². The van der Waals surface area contributed by atoms with Crippen molar-refractivity contribution < 1.29 is 18.7 Å². The number of carbonyl (C=O) groups excluding carboxylic acids is 2. The molecule has 1 aromatic carbocycles. The van der Waals surface area contributed by atoms with E-state index in [9.17, 15) is 9.59 Å². The van der Waals surface area contributed by atoms with E-state index >= 15 is 0 Å². The minimum atomic E-state index is -0.583. The lowest BCUT2D eigenvalue weighted by Gasteiger charge is -2.10. The van der Waals surface area contributed by atoms with E-state index in [2.05, 4.69) is 6.92 Å². The number of aryl methyl sites for hydroxylation is 1. The van der Waals surface area contributed by atoms with Crippen molar-refractivity contribution in [2.45, 2.75) is 130 Å². The number of esters is 2. The Bertz CT molecular complexity index is 1150. The molecule has 0 amide bonds. The van der Waals surface area contributed by atoms with E-state index in [0.717, 1.165) is 29.6 Å². The second kappa shape index (κ2) is 17.0. The van der Waals surface area contributed by atoms with Gasteiger partial charge in [0.25, 0.3) is 0 Å². The average molecular weight is 548 g/mol. The fourth-order valence-electron chi connectivity index (χ4n) is 5.53. The third-order valence-electron chi connectivity index (χ3n) is 7.78. The first kappa shape index (κ1) is 31.6. The van der Waals surface area contributed by atoms with Crippen molar-refractivity contribution in [2.24, 2.45) is 0 Å². The van der Waals surface area contributed by atoms with Crippen molar-refractivity contribution in [3.05, 3.63) is 58.5 Å². The molecule has 2 aromatic rings. The molecule has 0 saturated carbocycles. The Morgan fingerprint density at radius 3 is 1.73 bits per heavy atom. The molecule has 1 aromatic heterocycles. The highest BCUT2D eigenvalue weighted by Gasteiger charge is 2.38. The molecule has 0 N–H and O–H groups in total. The second-order valence-corrected chi connectivity index (χ2v) is 11.4. The summed E-state index contributed by atoms with van der Waals surface area (Å²) in [6.45, 7) is 7.82. The first-order valence-corrected chi connectivity index (χ1v) is 15.6. The summed E-state index contributed by atoms with van der Waals surface area (Å²) >= 11 is 0. The normalized spacial score (nSPS) is 14.7. The van der Waals surface area contributed by atoms with Gasteiger partial charge in [-0.2, -0.15) is 0 Å². The lowest BCUT2D eigenvalue weighted by atomic mass is 9.92. The van der Waals surface area contributed by atoms with E-state index in [1.807, 2.05) is 51.1 Å². The highest BCUT2D eigenvalue weighted by atomic mass is 16.6. The first-order valence-electron chi connectivity index (χ1n) is 15.6. The van der Waals surface area contributed by atoms with Gasteiger partial charge in [-0.3, -0.25) is 0 Å². The summed E-state index contributed by atoms with van der Waals surface area (Å²) < 4.78 is 11.1. The van der Waals surface area contributed by atoms with Gasteiger partial charge < -0.3 is 9.15 Å². The lowest BCUT2D eigenvalue weighted by molar-refractivity contribution is -0.149. The van der Waals surface area contributed by atoms with Gasteiger partial charge in [0.2, 0.25) is 5.89 Å². The molecule has 2 heterocycles. The molecule has 5 nitrogen and oxygen atoms in total. The van der Waals surface area contributed by atoms with Crippen molar-refractivity contribution >= 4 is 17.5 Å². The van der Waals surface area contributed by atoms with Crippen molar-refractivity contribution in [1.29, 1.82) is 0 Å². The van der Waals surface area contributed by atoms with Crippen LogP contribution >= 0.6 is 0 Å². The van der Waals surface area contributed by atoms with E-state index in [-0.39, 0.29) is 0 Å². The van der Waals surface area contributed by atoms with Gasteiger partial charge in [0, 0.05) is 5.56 Å². The number of allylic oxidation sites excluding steroid dienone is 2. The summed E-state index contributed by atoms with van der Waals surface area (Å²) in [5.41, 5.74) is 3.76. The maximum absolute atomic E-state index is 12.9. The molecule has 1 aliphatic heterocycles. The largest absolute Gasteiger partial charge is 0.441 e. The fourth-order valence-corrected chi connectivity index (χ4v) is 5.53. The molecule has 3 rings (SSSR count). The van der Waals surface area contributed by atoms with Crippen LogP contribution < -0.4 is 0 Å². The minimum absolute atomic E-state index is 0.353. The van der Waals surface area contributed by atoms with Gasteiger partial charge >= 0.3 is 11.9 Å². The van der Waals surface area contributed by atoms with Crippen LogP contribution in [-0.2, 0) is 14.3 Å². The van der Waals surface area contributed by atoms with Crippen LogP contribution in [0, 0.1) is 6.92 Å². The van der Waals surface area contributed by atoms with Crippen molar-refractivity contribution in [3.8, 4) is 11.5 Å². The molecule has 0 spiro atoms. The number of rotatable bonds is 18. The number of ether oxygens (including phenoxy) is 1. The summed E-state index contributed by atoms with van der Waals surface area (Å²) in [5, 5.41) is 0. The molecule has 40 heavy (non-hydrogen) atoms. The maximum Gasteiger partial charge on any atom is 0.347 e. The lowest BCUT2D eigenvalue weighted by Crippen LogP contribution is -2.03. The molecule has 0 bridgehead atoms. The molecule has 218 valence electrons. The molecule has 1 fully saturated rings. The molecular weight excluding hydrogens is 498 g/mol. The zero-order chi connectivity index (χ0) is 28.7. The van der Waals surface area contributed by atoms with Gasteiger partial charge in [0.05, 0.1) is 11.1 Å². The molecule has 1 saturated heterocycles. The van der Waals surface area contributed by atoms with Crippen LogP contribution in [0.2, 0.25) is 0 Å². The van der Waals surface area contributed by atoms with Crippen molar-refractivity contribution in [1.82, 2.24) is 4.98 Å². The Hall–Kier alpha value is -2.95. The summed E-state index contributed by atoms with van der Waals surface area (Å²) in [7, 11) is 0. The summed E-state index contributed by atoms with van der Waals surface area (Å²) in [6.07, 6.45) is 20.1. The molecule has 5 heteroatoms. The Balaban J connectivity index is 1.54. The number of benzene rings is 1. The number of oxazole rings is 1. The van der Waals surface area contributed by atoms with E-state index in [0.29, 0.717) is 34.9 Å². The number of aromatic nitrogens is 1. The molecule has 1 aliphatic rings. The average Bonchev–Trinajstić information content (AvgIpc) is 3.47. The number of carbonyl (C=O) groups is 2. The Morgan fingerprint density at radius 1 is 0.700 bits per heavy atom. The molecule has 0 aliphatic carbocycles. The van der Waals surface area contributed by atoms with Crippen molar-refractivity contribution in [3.63, 3.8) is 0 Å². The van der Waals surface area contributed by atoms with Crippen molar-refractivity contribution in [2.75, 3.05) is 0 Å². The van der Waals surface area contributed by atoms with E-state index in [1.165, 1.54) is 83.5 Å². The Kier molecular flexibility index (Phi) is 13.4. The number of hydrogen-bond acceptors (Lipinski definition) is 5. The van der Waals surface area contributed by atoms with Gasteiger partial charge in [0.1, 0.15) is 11.5 Å². The van der Waals surface area contributed by atoms with Gasteiger partial charge in [-0.1, -0.05) is 121 Å². The van der Waals surface area contributed by atoms with Gasteiger partial charge in [-0.25, -0.2) is 14.6 Å². The smallest absolute Gasteiger partial charge is 0.347 e. The topological polar surface area (TPSA) is 69.4 Å². The second-order valence-electron chi connectivity index (χ2n) is 11.4. The van der Waals surface area contributed by atoms with Crippen LogP contribution in [0.4, 0.5) is 0 Å². The molecule has 0 atom stereocenters. The highest BCUT2D eigenvalue weighted by molar-refractivity contribution is 6.22. The van der Waals surface area contributed by atoms with E-state index in [1.54, 1.807) is 0 Å². The standard InChI is InChI=1S/C35H49NO4/c1-5-6-7-8-9-10-11-12-13-14-15-16-17-18-22-25-29(31-30(26(2)3)34(37)40-35(31)38)32-27(4)39-33(36-32)28-23-20-19-21-24-28/h19-21,23-24H,5-18,22,25H2,1-4H3/b31-29-. The number of unbranched alkanes of at least 4 members (excludes halogenated alkanes) is 14. The monoisotopic (exact) mass is 547 g/mol. The first-order chi connectivity index (χ1) is 19.4. The minimum Gasteiger partial charge on any atom is -0.441 e. The predicted octanol–water partition coefficient (Wildman–Crippen LogP) is 10.1. The zero-order valence-corrected chi connectivity index (χ0v) is 25.3. The molecule has 0 radical (unpaired) electrons. The fraction of sp³-hybridized carbons (Fsp3) is 0.571. The highest BCUT2D eigenvalue weighted by Crippen LogP contribution is 2.37. The summed E-state index contributed by atoms with van der Waals surface area (Å²) in [4.78, 5) is 30.2. The van der Waals surface area contributed by atoms with E-state index in [4.69, 9.17) is 14.1 Å². The van der Waals surface area contributed by atoms with E-state index < -0.39 is 11.9 Å². The molecular formula is C35H49NO4. The van der Waals surface area contributed by atoms with Crippen LogP contribution in [0.15, 0.2) is 51.5 Å². The number of cyclic esters (lactones) is 2. The number of hydrogen-bond donors (Lipinski definition) is 0. The third kappa shape index (κ3) is 9.31. The molecule has 0 unspecified atom stereocenters. The van der Waals surface area contributed by atoms with Gasteiger partial charge in [-0.15, -0.1) is 0 Å². The zero-order valence-electron chi connectivity index (χ0n) is 25.3. The third-order valence-corrected chi connectivity index (χ3v) is 7.78. The number of nitrogens with zero attached hydrogens (tertiary/aromatic N) is 1. The van der Waals surface area contributed by atoms with Crippen LogP contribution in [-0.4, -0.2) is 16.9 Å². The van der Waals surface area contributed by atoms with Gasteiger partial charge in [0.15, 0.2) is 0 Å². The quantitative estimate of drug-likeness (QED) is 0.0803. The summed E-state index contributed by atoms with van der Waals surface area (Å²) in [6, 6.07) is 9.73. The van der Waals surface area contributed by atoms with Crippen LogP contribution in [0.5, 0.6) is 0 Å². The SMILES string of the molecule is CCCCCCCCCCCCCCCCC/C(=C1/C(=O)OC(=O)C1=C(C)C)c1nc(-c2ccccc2)oc1C. The predicted molar refractivity (Wildman–Crippen MR) is 163 cm³/mol.